The van der Waals surface area contributed by atoms with Gasteiger partial charge in [-0.05, 0) is 18.9 Å². The summed E-state index contributed by atoms with van der Waals surface area (Å²) in [4.78, 5) is 0. The minimum atomic E-state index is 0.894. The van der Waals surface area contributed by atoms with Gasteiger partial charge < -0.3 is 5.73 Å². The molecule has 1 nitrogen and oxygen atoms in total. The third kappa shape index (κ3) is 2.70. The van der Waals surface area contributed by atoms with E-state index in [0.717, 1.165) is 12.5 Å². The number of nitrogens with two attached hydrogens (primary N) is 1. The van der Waals surface area contributed by atoms with Gasteiger partial charge in [-0.25, -0.2) is 0 Å². The molecule has 0 aromatic rings. The Morgan fingerprint density at radius 3 is 2.10 bits per heavy atom. The van der Waals surface area contributed by atoms with Crippen molar-refractivity contribution in [3.8, 4) is 0 Å². The van der Waals surface area contributed by atoms with Crippen molar-refractivity contribution in [2.75, 3.05) is 6.54 Å². The van der Waals surface area contributed by atoms with Crippen molar-refractivity contribution in [3.63, 3.8) is 0 Å². The van der Waals surface area contributed by atoms with Crippen molar-refractivity contribution in [2.24, 2.45) is 11.7 Å². The van der Waals surface area contributed by atoms with Crippen LogP contribution in [0.5, 0.6) is 0 Å². The first-order valence-corrected chi connectivity index (χ1v) is 4.63. The lowest BCUT2D eigenvalue weighted by Gasteiger charge is -2.10. The predicted octanol–water partition coefficient (Wildman–Crippen LogP) is 2.31. The highest BCUT2D eigenvalue weighted by molar-refractivity contribution is 4.64. The van der Waals surface area contributed by atoms with Gasteiger partial charge in [-0.3, -0.25) is 0 Å². The summed E-state index contributed by atoms with van der Waals surface area (Å²) in [5.74, 6) is 0.965. The minimum absolute atomic E-state index is 0.894. The average molecular weight is 141 g/mol. The fourth-order valence-corrected chi connectivity index (χ4v) is 1.89. The van der Waals surface area contributed by atoms with E-state index in [1.54, 1.807) is 0 Å². The first-order chi connectivity index (χ1) is 4.93. The van der Waals surface area contributed by atoms with Gasteiger partial charge in [0.2, 0.25) is 0 Å². The van der Waals surface area contributed by atoms with Crippen LogP contribution in [0, 0.1) is 5.92 Å². The third-order valence-electron chi connectivity index (χ3n) is 2.55. The van der Waals surface area contributed by atoms with E-state index >= 15 is 0 Å². The quantitative estimate of drug-likeness (QED) is 0.587. The second-order valence-electron chi connectivity index (χ2n) is 3.43. The van der Waals surface area contributed by atoms with Gasteiger partial charge in [-0.15, -0.1) is 0 Å². The molecule has 1 aliphatic carbocycles. The molecule has 0 bridgehead atoms. The Kier molecular flexibility index (Phi) is 3.81. The lowest BCUT2D eigenvalue weighted by molar-refractivity contribution is 0.434. The summed E-state index contributed by atoms with van der Waals surface area (Å²) in [7, 11) is 0. The van der Waals surface area contributed by atoms with Crippen LogP contribution in [-0.2, 0) is 0 Å². The maximum Gasteiger partial charge on any atom is -0.00746 e. The Morgan fingerprint density at radius 2 is 1.60 bits per heavy atom. The molecular weight excluding hydrogens is 122 g/mol. The summed E-state index contributed by atoms with van der Waals surface area (Å²) in [6, 6.07) is 0. The van der Waals surface area contributed by atoms with Gasteiger partial charge in [0.15, 0.2) is 0 Å². The van der Waals surface area contributed by atoms with Crippen LogP contribution < -0.4 is 5.73 Å². The van der Waals surface area contributed by atoms with E-state index in [-0.39, 0.29) is 0 Å². The molecule has 1 saturated carbocycles. The lowest BCUT2D eigenvalue weighted by atomic mass is 9.97. The molecule has 2 N–H and O–H groups in total. The highest BCUT2D eigenvalue weighted by atomic mass is 14.5. The van der Waals surface area contributed by atoms with Crippen LogP contribution >= 0.6 is 0 Å². The number of rotatable bonds is 2. The molecule has 0 unspecified atom stereocenters. The molecule has 0 radical (unpaired) electrons. The molecule has 0 aromatic carbocycles. The largest absolute Gasteiger partial charge is 0.330 e. The summed E-state index contributed by atoms with van der Waals surface area (Å²) in [6.45, 7) is 0.894. The van der Waals surface area contributed by atoms with E-state index in [1.807, 2.05) is 0 Å². The Bertz CT molecular complexity index is 72.8. The molecule has 0 saturated heterocycles. The number of hydrogen-bond donors (Lipinski definition) is 1. The van der Waals surface area contributed by atoms with Gasteiger partial charge >= 0.3 is 0 Å². The van der Waals surface area contributed by atoms with Crippen molar-refractivity contribution in [1.82, 2.24) is 0 Å². The first-order valence-electron chi connectivity index (χ1n) is 4.63. The van der Waals surface area contributed by atoms with Crippen molar-refractivity contribution in [3.05, 3.63) is 0 Å². The minimum Gasteiger partial charge on any atom is -0.330 e. The fourth-order valence-electron chi connectivity index (χ4n) is 1.89. The van der Waals surface area contributed by atoms with Crippen LogP contribution in [0.15, 0.2) is 0 Å². The van der Waals surface area contributed by atoms with Crippen molar-refractivity contribution in [2.45, 2.75) is 44.9 Å². The Balaban J connectivity index is 2.15. The highest BCUT2D eigenvalue weighted by Gasteiger charge is 2.10. The molecule has 1 fully saturated rings. The molecule has 0 aliphatic heterocycles. The van der Waals surface area contributed by atoms with Gasteiger partial charge in [0.1, 0.15) is 0 Å². The second-order valence-corrected chi connectivity index (χ2v) is 3.43. The molecule has 1 heteroatoms. The molecule has 60 valence electrons. The van der Waals surface area contributed by atoms with Crippen LogP contribution in [0.3, 0.4) is 0 Å². The van der Waals surface area contributed by atoms with Gasteiger partial charge in [0, 0.05) is 0 Å². The third-order valence-corrected chi connectivity index (χ3v) is 2.55. The Hall–Kier alpha value is -0.0400. The molecule has 1 aliphatic rings. The standard InChI is InChI=1S/C9H19N/c10-8-7-9-5-3-1-2-4-6-9/h9H,1-8,10H2. The molecule has 10 heavy (non-hydrogen) atoms. The number of hydrogen-bond acceptors (Lipinski definition) is 1. The van der Waals surface area contributed by atoms with Gasteiger partial charge in [0.05, 0.1) is 0 Å². The molecular formula is C9H19N. The topological polar surface area (TPSA) is 26.0 Å². The predicted molar refractivity (Wildman–Crippen MR) is 44.9 cm³/mol. The molecule has 1 rings (SSSR count). The van der Waals surface area contributed by atoms with Crippen LogP contribution in [0.2, 0.25) is 0 Å². The van der Waals surface area contributed by atoms with Gasteiger partial charge in [-0.1, -0.05) is 38.5 Å². The van der Waals surface area contributed by atoms with Crippen LogP contribution in [0.25, 0.3) is 0 Å². The van der Waals surface area contributed by atoms with Gasteiger partial charge in [-0.2, -0.15) is 0 Å². The van der Waals surface area contributed by atoms with Crippen molar-refractivity contribution in [1.29, 1.82) is 0 Å². The average Bonchev–Trinajstić information content (AvgIpc) is 2.17. The summed E-state index contributed by atoms with van der Waals surface area (Å²) in [5, 5.41) is 0. The summed E-state index contributed by atoms with van der Waals surface area (Å²) in [5.41, 5.74) is 5.51. The van der Waals surface area contributed by atoms with E-state index in [4.69, 9.17) is 5.73 Å². The van der Waals surface area contributed by atoms with E-state index in [1.165, 1.54) is 44.9 Å². The Morgan fingerprint density at radius 1 is 1.00 bits per heavy atom. The summed E-state index contributed by atoms with van der Waals surface area (Å²) in [6.07, 6.45) is 9.96. The van der Waals surface area contributed by atoms with E-state index < -0.39 is 0 Å². The Labute approximate surface area is 64.0 Å². The van der Waals surface area contributed by atoms with Crippen LogP contribution in [0.1, 0.15) is 44.9 Å². The fraction of sp³-hybridized carbons (Fsp3) is 1.00. The lowest BCUT2D eigenvalue weighted by Crippen LogP contribution is -2.07. The van der Waals surface area contributed by atoms with E-state index in [2.05, 4.69) is 0 Å². The van der Waals surface area contributed by atoms with Crippen LogP contribution in [0.4, 0.5) is 0 Å². The van der Waals surface area contributed by atoms with Crippen molar-refractivity contribution < 1.29 is 0 Å². The summed E-state index contributed by atoms with van der Waals surface area (Å²) < 4.78 is 0. The highest BCUT2D eigenvalue weighted by Crippen LogP contribution is 2.24. The first kappa shape index (κ1) is 8.06. The molecule has 0 amide bonds. The maximum absolute atomic E-state index is 5.51. The summed E-state index contributed by atoms with van der Waals surface area (Å²) >= 11 is 0. The zero-order valence-corrected chi connectivity index (χ0v) is 6.81. The zero-order valence-electron chi connectivity index (χ0n) is 6.81. The monoisotopic (exact) mass is 141 g/mol. The molecule has 0 atom stereocenters. The smallest absolute Gasteiger partial charge is 0.00746 e. The van der Waals surface area contributed by atoms with E-state index in [0.29, 0.717) is 0 Å². The SMILES string of the molecule is NCCC1CCCCCC1. The van der Waals surface area contributed by atoms with Crippen LogP contribution in [-0.4, -0.2) is 6.54 Å². The maximum atomic E-state index is 5.51. The van der Waals surface area contributed by atoms with Gasteiger partial charge in [0.25, 0.3) is 0 Å². The van der Waals surface area contributed by atoms with Crippen molar-refractivity contribution >= 4 is 0 Å². The molecule has 0 aromatic heterocycles. The normalized spacial score (nSPS) is 22.5. The zero-order chi connectivity index (χ0) is 7.23. The molecule has 0 spiro atoms. The molecule has 0 heterocycles. The van der Waals surface area contributed by atoms with E-state index in [9.17, 15) is 0 Å². The second kappa shape index (κ2) is 4.73.